The van der Waals surface area contributed by atoms with Crippen molar-refractivity contribution in [2.24, 2.45) is 5.92 Å². The van der Waals surface area contributed by atoms with E-state index >= 15 is 0 Å². The zero-order chi connectivity index (χ0) is 28.2. The van der Waals surface area contributed by atoms with Gasteiger partial charge in [0.05, 0.1) is 8.07 Å². The van der Waals surface area contributed by atoms with E-state index in [0.717, 1.165) is 33.3 Å². The van der Waals surface area contributed by atoms with Crippen LogP contribution in [0.2, 0.25) is 19.6 Å². The fourth-order valence-corrected chi connectivity index (χ4v) is 8.39. The second kappa shape index (κ2) is 13.5. The van der Waals surface area contributed by atoms with Crippen molar-refractivity contribution in [2.45, 2.75) is 51.7 Å². The molecule has 0 unspecified atom stereocenters. The molecule has 6 heteroatoms. The molecule has 0 atom stereocenters. The first-order valence-corrected chi connectivity index (χ1v) is 18.8. The number of hydrogen-bond acceptors (Lipinski definition) is 4. The smallest absolute Gasteiger partial charge is 0.113 e. The van der Waals surface area contributed by atoms with E-state index < -0.39 is 8.07 Å². The van der Waals surface area contributed by atoms with Crippen LogP contribution in [0.4, 0.5) is 0 Å². The summed E-state index contributed by atoms with van der Waals surface area (Å²) in [6, 6.07) is 31.2. The Balaban J connectivity index is 0.000000228. The van der Waals surface area contributed by atoms with E-state index in [1.54, 1.807) is 17.5 Å². The topological polar surface area (TPSA) is 38.7 Å². The van der Waals surface area contributed by atoms with E-state index in [4.69, 9.17) is 4.98 Å². The van der Waals surface area contributed by atoms with Crippen molar-refractivity contribution in [3.8, 4) is 22.5 Å². The summed E-state index contributed by atoms with van der Waals surface area (Å²) in [6.45, 7) is 7.31. The van der Waals surface area contributed by atoms with Gasteiger partial charge in [-0.2, -0.15) is 11.3 Å². The average molecular weight is 762 g/mol. The summed E-state index contributed by atoms with van der Waals surface area (Å²) in [7, 11) is -1.42. The fraction of sp³-hybridized carbons (Fsp3) is 0.250. The Morgan fingerprint density at radius 1 is 0.810 bits per heavy atom. The predicted octanol–water partition coefficient (Wildman–Crippen LogP) is 9.14. The molecule has 1 radical (unpaired) electrons. The summed E-state index contributed by atoms with van der Waals surface area (Å²) in [4.78, 5) is 14.7. The van der Waals surface area contributed by atoms with Gasteiger partial charge in [0.15, 0.2) is 0 Å². The first-order chi connectivity index (χ1) is 20.0. The van der Waals surface area contributed by atoms with Crippen molar-refractivity contribution < 1.29 is 20.1 Å². The van der Waals surface area contributed by atoms with Gasteiger partial charge in [-0.15, -0.1) is 59.7 Å². The Labute approximate surface area is 267 Å². The Morgan fingerprint density at radius 3 is 2.36 bits per heavy atom. The van der Waals surface area contributed by atoms with E-state index in [1.807, 2.05) is 54.7 Å². The van der Waals surface area contributed by atoms with Gasteiger partial charge in [0.1, 0.15) is 4.83 Å². The molecule has 0 amide bonds. The SMILES string of the molecule is C[Si](C)(C)c1cnc(-c2[c-]cc3sc4ncccc4c3c2)cc1CC1CCCC1.[Ir].[c-]1ccccc1-c1ccccn1. The monoisotopic (exact) mass is 762 g/mol. The Bertz CT molecular complexity index is 1720. The number of fused-ring (bicyclic) bond motifs is 3. The standard InChI is InChI=1S/C25H27N2SSi.C11H8N.Ir/c1-29(2,3)24-16-27-22(15-19(24)13-17-7-4-5-8-17)18-10-11-23-21(14-18)20-9-6-12-26-25(20)28-23;1-2-6-10(7-3-1)11-8-4-5-9-12-11;/h6,9,11-12,14-17H,4-5,7-8,13H2,1-3H3;1-6,8-9H;/q2*-1;. The zero-order valence-corrected chi connectivity index (χ0v) is 28.6. The van der Waals surface area contributed by atoms with E-state index in [0.29, 0.717) is 0 Å². The summed E-state index contributed by atoms with van der Waals surface area (Å²) < 4.78 is 1.24. The molecule has 1 fully saturated rings. The van der Waals surface area contributed by atoms with E-state index in [-0.39, 0.29) is 20.1 Å². The number of pyridine rings is 3. The molecule has 6 aromatic rings. The van der Waals surface area contributed by atoms with Crippen molar-refractivity contribution in [3.05, 3.63) is 109 Å². The van der Waals surface area contributed by atoms with E-state index in [1.165, 1.54) is 58.3 Å². The van der Waals surface area contributed by atoms with Crippen LogP contribution in [-0.2, 0) is 26.5 Å². The van der Waals surface area contributed by atoms with Crippen LogP contribution in [0.25, 0.3) is 42.8 Å². The molecule has 3 nitrogen and oxygen atoms in total. The van der Waals surface area contributed by atoms with Gasteiger partial charge < -0.3 is 9.97 Å². The predicted molar refractivity (Wildman–Crippen MR) is 176 cm³/mol. The van der Waals surface area contributed by atoms with Gasteiger partial charge in [-0.05, 0) is 51.1 Å². The first kappa shape index (κ1) is 30.4. The molecule has 0 bridgehead atoms. The van der Waals surface area contributed by atoms with Crippen molar-refractivity contribution >= 4 is 44.9 Å². The first-order valence-electron chi connectivity index (χ1n) is 14.5. The molecular weight excluding hydrogens is 727 g/mol. The number of benzene rings is 2. The molecule has 1 aliphatic carbocycles. The normalized spacial score (nSPS) is 13.5. The van der Waals surface area contributed by atoms with Crippen LogP contribution in [-0.4, -0.2) is 23.0 Å². The second-order valence-electron chi connectivity index (χ2n) is 11.9. The molecule has 0 spiro atoms. The zero-order valence-electron chi connectivity index (χ0n) is 24.4. The van der Waals surface area contributed by atoms with Crippen molar-refractivity contribution in [1.29, 1.82) is 0 Å². The van der Waals surface area contributed by atoms with Crippen LogP contribution < -0.4 is 5.19 Å². The molecule has 42 heavy (non-hydrogen) atoms. The van der Waals surface area contributed by atoms with Gasteiger partial charge in [0.2, 0.25) is 0 Å². The van der Waals surface area contributed by atoms with E-state index in [2.05, 4.69) is 72.2 Å². The summed E-state index contributed by atoms with van der Waals surface area (Å²) >= 11 is 1.74. The maximum absolute atomic E-state index is 4.91. The van der Waals surface area contributed by atoms with Crippen LogP contribution in [0.5, 0.6) is 0 Å². The van der Waals surface area contributed by atoms with Gasteiger partial charge in [-0.3, -0.25) is 0 Å². The van der Waals surface area contributed by atoms with Crippen molar-refractivity contribution in [2.75, 3.05) is 0 Å². The van der Waals surface area contributed by atoms with Gasteiger partial charge in [-0.1, -0.05) is 80.5 Å². The molecule has 1 aliphatic rings. The Morgan fingerprint density at radius 2 is 1.62 bits per heavy atom. The quantitative estimate of drug-likeness (QED) is 0.130. The number of thiophene rings is 1. The van der Waals surface area contributed by atoms with Crippen LogP contribution >= 0.6 is 11.3 Å². The minimum absolute atomic E-state index is 0. The molecule has 4 aromatic heterocycles. The molecule has 4 heterocycles. The molecular formula is C36H35IrN3SSi-2. The molecule has 215 valence electrons. The number of nitrogens with zero attached hydrogens (tertiary/aromatic N) is 3. The Kier molecular flexibility index (Phi) is 9.80. The summed E-state index contributed by atoms with van der Waals surface area (Å²) in [5.41, 5.74) is 5.70. The third-order valence-electron chi connectivity index (χ3n) is 7.89. The minimum Gasteiger partial charge on any atom is -0.305 e. The number of aromatic nitrogens is 3. The molecule has 7 rings (SSSR count). The van der Waals surface area contributed by atoms with Gasteiger partial charge >= 0.3 is 0 Å². The van der Waals surface area contributed by atoms with Gasteiger partial charge in [0, 0.05) is 38.7 Å². The van der Waals surface area contributed by atoms with Gasteiger partial charge in [-0.25, -0.2) is 4.98 Å². The third-order valence-corrected chi connectivity index (χ3v) is 11.0. The van der Waals surface area contributed by atoms with E-state index in [9.17, 15) is 0 Å². The molecule has 0 aliphatic heterocycles. The summed E-state index contributed by atoms with van der Waals surface area (Å²) in [5, 5.41) is 4.02. The van der Waals surface area contributed by atoms with Crippen LogP contribution in [0.1, 0.15) is 31.2 Å². The number of rotatable bonds is 5. The summed E-state index contributed by atoms with van der Waals surface area (Å²) in [6.07, 6.45) is 12.6. The molecule has 1 saturated carbocycles. The fourth-order valence-electron chi connectivity index (χ4n) is 5.79. The molecule has 2 aromatic carbocycles. The largest absolute Gasteiger partial charge is 0.305 e. The maximum atomic E-state index is 4.91. The second-order valence-corrected chi connectivity index (χ2v) is 18.0. The van der Waals surface area contributed by atoms with Crippen LogP contribution in [0.15, 0.2) is 91.4 Å². The van der Waals surface area contributed by atoms with Crippen LogP contribution in [0.3, 0.4) is 0 Å². The number of hydrogen-bond donors (Lipinski definition) is 0. The molecule has 0 saturated heterocycles. The van der Waals surface area contributed by atoms with Crippen LogP contribution in [0, 0.1) is 18.1 Å². The van der Waals surface area contributed by atoms with Crippen molar-refractivity contribution in [3.63, 3.8) is 0 Å². The minimum atomic E-state index is -1.42. The third kappa shape index (κ3) is 6.95. The summed E-state index contributed by atoms with van der Waals surface area (Å²) in [5.74, 6) is 0.846. The Hall–Kier alpha value is -3.02. The average Bonchev–Trinajstić information content (AvgIpc) is 3.65. The maximum Gasteiger partial charge on any atom is 0.113 e. The van der Waals surface area contributed by atoms with Gasteiger partial charge in [0.25, 0.3) is 0 Å². The molecule has 0 N–H and O–H groups in total. The van der Waals surface area contributed by atoms with Crippen molar-refractivity contribution in [1.82, 2.24) is 15.0 Å².